The third kappa shape index (κ3) is 3.25. The number of hydrogen-bond donors (Lipinski definition) is 1. The highest BCUT2D eigenvalue weighted by Crippen LogP contribution is 2.29. The van der Waals surface area contributed by atoms with E-state index in [2.05, 4.69) is 5.32 Å². The van der Waals surface area contributed by atoms with Crippen molar-refractivity contribution >= 4 is 11.8 Å². The highest BCUT2D eigenvalue weighted by molar-refractivity contribution is 5.94. The number of benzene rings is 1. The molecule has 0 bridgehead atoms. The summed E-state index contributed by atoms with van der Waals surface area (Å²) < 4.78 is 39.8. The summed E-state index contributed by atoms with van der Waals surface area (Å²) in [4.78, 5) is 26.0. The molecule has 0 radical (unpaired) electrons. The molecular weight excluding hydrogens is 321 g/mol. The van der Waals surface area contributed by atoms with Crippen LogP contribution in [0.4, 0.5) is 13.2 Å². The molecule has 1 aliphatic carbocycles. The van der Waals surface area contributed by atoms with Crippen molar-refractivity contribution in [2.24, 2.45) is 5.92 Å². The molecule has 1 aromatic carbocycles. The van der Waals surface area contributed by atoms with Gasteiger partial charge in [-0.1, -0.05) is 6.42 Å². The van der Waals surface area contributed by atoms with Gasteiger partial charge in [-0.05, 0) is 37.8 Å². The molecule has 1 saturated carbocycles. The molecule has 4 nitrogen and oxygen atoms in total. The van der Waals surface area contributed by atoms with Gasteiger partial charge in [0, 0.05) is 25.0 Å². The van der Waals surface area contributed by atoms with Crippen LogP contribution in [0.25, 0.3) is 0 Å². The molecule has 1 N–H and O–H groups in total. The van der Waals surface area contributed by atoms with E-state index in [1.165, 1.54) is 0 Å². The second-order valence-electron chi connectivity index (χ2n) is 6.42. The fourth-order valence-electron chi connectivity index (χ4n) is 3.12. The Kier molecular flexibility index (Phi) is 4.78. The molecule has 1 aliphatic heterocycles. The minimum Gasteiger partial charge on any atom is -0.349 e. The summed E-state index contributed by atoms with van der Waals surface area (Å²) >= 11 is 0. The van der Waals surface area contributed by atoms with Crippen molar-refractivity contribution in [1.82, 2.24) is 10.2 Å². The Morgan fingerprint density at radius 2 is 1.67 bits per heavy atom. The van der Waals surface area contributed by atoms with Crippen LogP contribution in [0.5, 0.6) is 0 Å². The molecular formula is C17H19F3N2O2. The van der Waals surface area contributed by atoms with Crippen LogP contribution in [-0.4, -0.2) is 35.8 Å². The molecule has 3 rings (SSSR count). The van der Waals surface area contributed by atoms with Gasteiger partial charge >= 0.3 is 0 Å². The standard InChI is InChI=1S/C17H19F3N2O2/c18-13-5-4-12(14(19)15(13)20)16(23)21-11-6-8-22(9-7-11)17(24)10-2-1-3-10/h4-5,10-11H,1-3,6-9H2,(H,21,23). The maximum atomic E-state index is 13.6. The molecule has 24 heavy (non-hydrogen) atoms. The minimum atomic E-state index is -1.65. The van der Waals surface area contributed by atoms with Gasteiger partial charge in [0.2, 0.25) is 5.91 Å². The highest BCUT2D eigenvalue weighted by atomic mass is 19.2. The van der Waals surface area contributed by atoms with E-state index in [0.717, 1.165) is 31.4 Å². The van der Waals surface area contributed by atoms with Crippen molar-refractivity contribution in [2.45, 2.75) is 38.1 Å². The Balaban J connectivity index is 1.55. The molecule has 1 aromatic rings. The van der Waals surface area contributed by atoms with E-state index in [-0.39, 0.29) is 17.9 Å². The molecule has 1 heterocycles. The quantitative estimate of drug-likeness (QED) is 0.860. The van der Waals surface area contributed by atoms with Crippen molar-refractivity contribution in [1.29, 1.82) is 0 Å². The molecule has 1 saturated heterocycles. The largest absolute Gasteiger partial charge is 0.349 e. The van der Waals surface area contributed by atoms with Gasteiger partial charge < -0.3 is 10.2 Å². The van der Waals surface area contributed by atoms with Crippen molar-refractivity contribution < 1.29 is 22.8 Å². The van der Waals surface area contributed by atoms with E-state index in [1.807, 2.05) is 4.90 Å². The third-order valence-electron chi connectivity index (χ3n) is 4.88. The van der Waals surface area contributed by atoms with Crippen LogP contribution in [-0.2, 0) is 4.79 Å². The van der Waals surface area contributed by atoms with Gasteiger partial charge in [-0.15, -0.1) is 0 Å². The SMILES string of the molecule is O=C(NC1CCN(C(=O)C2CCC2)CC1)c1ccc(F)c(F)c1F. The lowest BCUT2D eigenvalue weighted by Crippen LogP contribution is -2.49. The van der Waals surface area contributed by atoms with E-state index in [0.29, 0.717) is 25.9 Å². The zero-order valence-corrected chi connectivity index (χ0v) is 13.2. The van der Waals surface area contributed by atoms with Gasteiger partial charge in [0.05, 0.1) is 5.56 Å². The van der Waals surface area contributed by atoms with Crippen LogP contribution in [0.15, 0.2) is 12.1 Å². The number of carbonyl (C=O) groups is 2. The van der Waals surface area contributed by atoms with E-state index >= 15 is 0 Å². The Bertz CT molecular complexity index is 653. The fraction of sp³-hybridized carbons (Fsp3) is 0.529. The molecule has 0 atom stereocenters. The van der Waals surface area contributed by atoms with Gasteiger partial charge in [0.1, 0.15) is 0 Å². The first-order valence-electron chi connectivity index (χ1n) is 8.20. The van der Waals surface area contributed by atoms with Crippen molar-refractivity contribution in [3.8, 4) is 0 Å². The van der Waals surface area contributed by atoms with Crippen LogP contribution in [0.1, 0.15) is 42.5 Å². The van der Waals surface area contributed by atoms with Crippen LogP contribution in [0.3, 0.4) is 0 Å². The number of hydrogen-bond acceptors (Lipinski definition) is 2. The van der Waals surface area contributed by atoms with Crippen LogP contribution in [0.2, 0.25) is 0 Å². The number of rotatable bonds is 3. The predicted molar refractivity (Wildman–Crippen MR) is 80.7 cm³/mol. The number of piperidine rings is 1. The maximum Gasteiger partial charge on any atom is 0.254 e. The number of likely N-dealkylation sites (tertiary alicyclic amines) is 1. The molecule has 2 amide bonds. The summed E-state index contributed by atoms with van der Waals surface area (Å²) in [5.74, 6) is -4.90. The number of halogens is 3. The van der Waals surface area contributed by atoms with Crippen LogP contribution in [0, 0.1) is 23.4 Å². The second-order valence-corrected chi connectivity index (χ2v) is 6.42. The number of carbonyl (C=O) groups excluding carboxylic acids is 2. The average molecular weight is 340 g/mol. The van der Waals surface area contributed by atoms with Gasteiger partial charge in [0.25, 0.3) is 5.91 Å². The van der Waals surface area contributed by atoms with E-state index in [1.54, 1.807) is 0 Å². The Morgan fingerprint density at radius 1 is 1.00 bits per heavy atom. The Hall–Kier alpha value is -2.05. The zero-order valence-electron chi connectivity index (χ0n) is 13.2. The van der Waals surface area contributed by atoms with Gasteiger partial charge in [-0.3, -0.25) is 9.59 Å². The predicted octanol–water partition coefficient (Wildman–Crippen LogP) is 2.62. The first kappa shape index (κ1) is 16.8. The normalized spacial score (nSPS) is 19.0. The summed E-state index contributed by atoms with van der Waals surface area (Å²) in [5.41, 5.74) is -0.512. The molecule has 7 heteroatoms. The average Bonchev–Trinajstić information content (AvgIpc) is 2.51. The monoisotopic (exact) mass is 340 g/mol. The molecule has 130 valence electrons. The van der Waals surface area contributed by atoms with Crippen molar-refractivity contribution in [3.63, 3.8) is 0 Å². The number of nitrogens with one attached hydrogen (secondary N) is 1. The molecule has 2 aliphatic rings. The minimum absolute atomic E-state index is 0.146. The van der Waals surface area contributed by atoms with E-state index in [4.69, 9.17) is 0 Å². The van der Waals surface area contributed by atoms with Crippen molar-refractivity contribution in [2.75, 3.05) is 13.1 Å². The Morgan fingerprint density at radius 3 is 2.25 bits per heavy atom. The second kappa shape index (κ2) is 6.83. The third-order valence-corrected chi connectivity index (χ3v) is 4.88. The number of amides is 2. The first-order valence-corrected chi connectivity index (χ1v) is 8.20. The Labute approximate surface area is 138 Å². The lowest BCUT2D eigenvalue weighted by atomic mass is 9.84. The summed E-state index contributed by atoms with van der Waals surface area (Å²) in [5, 5.41) is 2.63. The molecule has 0 unspecified atom stereocenters. The fourth-order valence-corrected chi connectivity index (χ4v) is 3.12. The highest BCUT2D eigenvalue weighted by Gasteiger charge is 2.32. The van der Waals surface area contributed by atoms with Crippen LogP contribution < -0.4 is 5.32 Å². The summed E-state index contributed by atoms with van der Waals surface area (Å²) in [6.45, 7) is 1.08. The summed E-state index contributed by atoms with van der Waals surface area (Å²) in [7, 11) is 0. The van der Waals surface area contributed by atoms with E-state index < -0.39 is 28.9 Å². The van der Waals surface area contributed by atoms with Gasteiger partial charge in [0.15, 0.2) is 17.5 Å². The lowest BCUT2D eigenvalue weighted by molar-refractivity contribution is -0.139. The molecule has 0 spiro atoms. The zero-order chi connectivity index (χ0) is 17.3. The molecule has 0 aromatic heterocycles. The van der Waals surface area contributed by atoms with Gasteiger partial charge in [-0.25, -0.2) is 13.2 Å². The molecule has 2 fully saturated rings. The topological polar surface area (TPSA) is 49.4 Å². The number of nitrogens with zero attached hydrogens (tertiary/aromatic N) is 1. The smallest absolute Gasteiger partial charge is 0.254 e. The lowest BCUT2D eigenvalue weighted by Gasteiger charge is -2.36. The summed E-state index contributed by atoms with van der Waals surface area (Å²) in [6, 6.07) is 1.45. The summed E-state index contributed by atoms with van der Waals surface area (Å²) in [6.07, 6.45) is 4.13. The van der Waals surface area contributed by atoms with E-state index in [9.17, 15) is 22.8 Å². The van der Waals surface area contributed by atoms with Gasteiger partial charge in [-0.2, -0.15) is 0 Å². The van der Waals surface area contributed by atoms with Crippen molar-refractivity contribution in [3.05, 3.63) is 35.1 Å². The maximum absolute atomic E-state index is 13.6. The van der Waals surface area contributed by atoms with Crippen LogP contribution >= 0.6 is 0 Å². The first-order chi connectivity index (χ1) is 11.5.